The zero-order chi connectivity index (χ0) is 17.6. The molecule has 0 radical (unpaired) electrons. The summed E-state index contributed by atoms with van der Waals surface area (Å²) in [6, 6.07) is 4.76. The van der Waals surface area contributed by atoms with Gasteiger partial charge in [-0.2, -0.15) is 0 Å². The van der Waals surface area contributed by atoms with Crippen LogP contribution in [0.25, 0.3) is 0 Å². The molecule has 0 aliphatic carbocycles. The minimum Gasteiger partial charge on any atom is -0.383 e. The van der Waals surface area contributed by atoms with Gasteiger partial charge in [-0.05, 0) is 12.3 Å². The number of hydrogen-bond acceptors (Lipinski definition) is 5. The van der Waals surface area contributed by atoms with Gasteiger partial charge in [0, 0.05) is 18.1 Å². The normalized spacial score (nSPS) is 13.4. The van der Waals surface area contributed by atoms with Crippen molar-refractivity contribution in [3.63, 3.8) is 0 Å². The molecule has 2 atom stereocenters. The molecular formula is C15H21N3O5. The molecule has 0 bridgehead atoms. The Morgan fingerprint density at radius 2 is 1.96 bits per heavy atom. The summed E-state index contributed by atoms with van der Waals surface area (Å²) in [6.07, 6.45) is -1.14. The van der Waals surface area contributed by atoms with Gasteiger partial charge in [-0.15, -0.1) is 0 Å². The van der Waals surface area contributed by atoms with Crippen molar-refractivity contribution in [2.24, 2.45) is 11.7 Å². The fraction of sp³-hybridized carbons (Fsp3) is 0.467. The number of nitro benzene ring substituents is 1. The first-order valence-electron chi connectivity index (χ1n) is 7.22. The SMILES string of the molecule is CC(C)C[C@H](O)C(=O)N[C@@H](Cc1ccccc1[N+](=O)[O-])C(N)=O. The largest absolute Gasteiger partial charge is 0.383 e. The van der Waals surface area contributed by atoms with Crippen LogP contribution in [0.1, 0.15) is 25.8 Å². The lowest BCUT2D eigenvalue weighted by molar-refractivity contribution is -0.385. The van der Waals surface area contributed by atoms with E-state index in [0.717, 1.165) is 0 Å². The van der Waals surface area contributed by atoms with Crippen molar-refractivity contribution < 1.29 is 19.6 Å². The van der Waals surface area contributed by atoms with E-state index >= 15 is 0 Å². The number of nitrogens with two attached hydrogens (primary N) is 1. The zero-order valence-electron chi connectivity index (χ0n) is 13.1. The van der Waals surface area contributed by atoms with Crippen LogP contribution in [-0.4, -0.2) is 34.0 Å². The molecule has 0 fully saturated rings. The lowest BCUT2D eigenvalue weighted by Crippen LogP contribution is -2.49. The maximum absolute atomic E-state index is 11.9. The lowest BCUT2D eigenvalue weighted by atomic mass is 10.0. The molecule has 0 spiro atoms. The highest BCUT2D eigenvalue weighted by atomic mass is 16.6. The molecule has 0 saturated heterocycles. The quantitative estimate of drug-likeness (QED) is 0.473. The predicted molar refractivity (Wildman–Crippen MR) is 83.4 cm³/mol. The number of para-hydroxylation sites is 1. The second kappa shape index (κ2) is 8.23. The molecule has 4 N–H and O–H groups in total. The number of nitrogens with zero attached hydrogens (tertiary/aromatic N) is 1. The van der Waals surface area contributed by atoms with Crippen LogP contribution < -0.4 is 11.1 Å². The van der Waals surface area contributed by atoms with E-state index in [2.05, 4.69) is 5.32 Å². The highest BCUT2D eigenvalue weighted by Gasteiger charge is 2.26. The van der Waals surface area contributed by atoms with Crippen LogP contribution in [0, 0.1) is 16.0 Å². The van der Waals surface area contributed by atoms with Gasteiger partial charge >= 0.3 is 0 Å². The zero-order valence-corrected chi connectivity index (χ0v) is 13.1. The van der Waals surface area contributed by atoms with E-state index in [-0.39, 0.29) is 30.0 Å². The summed E-state index contributed by atoms with van der Waals surface area (Å²) >= 11 is 0. The van der Waals surface area contributed by atoms with E-state index in [1.54, 1.807) is 6.07 Å². The molecule has 126 valence electrons. The van der Waals surface area contributed by atoms with Crippen LogP contribution in [-0.2, 0) is 16.0 Å². The van der Waals surface area contributed by atoms with E-state index in [4.69, 9.17) is 5.73 Å². The summed E-state index contributed by atoms with van der Waals surface area (Å²) in [5.41, 5.74) is 5.38. The number of nitrogens with one attached hydrogen (secondary N) is 1. The molecule has 2 amide bonds. The lowest BCUT2D eigenvalue weighted by Gasteiger charge is -2.19. The molecule has 8 nitrogen and oxygen atoms in total. The Morgan fingerprint density at radius 1 is 1.35 bits per heavy atom. The van der Waals surface area contributed by atoms with Gasteiger partial charge in [0.05, 0.1) is 4.92 Å². The number of benzene rings is 1. The number of carbonyl (C=O) groups excluding carboxylic acids is 2. The Balaban J connectivity index is 2.87. The van der Waals surface area contributed by atoms with E-state index in [1.807, 2.05) is 13.8 Å². The minimum absolute atomic E-state index is 0.0954. The average Bonchev–Trinajstić information content (AvgIpc) is 2.45. The topological polar surface area (TPSA) is 136 Å². The second-order valence-electron chi connectivity index (χ2n) is 5.70. The second-order valence-corrected chi connectivity index (χ2v) is 5.70. The van der Waals surface area contributed by atoms with Gasteiger partial charge in [0.25, 0.3) is 5.69 Å². The van der Waals surface area contributed by atoms with Gasteiger partial charge in [0.1, 0.15) is 12.1 Å². The third-order valence-electron chi connectivity index (χ3n) is 3.27. The number of nitro groups is 1. The molecule has 0 saturated carbocycles. The van der Waals surface area contributed by atoms with Crippen molar-refractivity contribution in [2.75, 3.05) is 0 Å². The number of rotatable bonds is 8. The molecule has 1 aromatic carbocycles. The fourth-order valence-electron chi connectivity index (χ4n) is 2.13. The number of carbonyl (C=O) groups is 2. The number of amides is 2. The Morgan fingerprint density at radius 3 is 2.48 bits per heavy atom. The van der Waals surface area contributed by atoms with Gasteiger partial charge in [0.2, 0.25) is 11.8 Å². The fourth-order valence-corrected chi connectivity index (χ4v) is 2.13. The van der Waals surface area contributed by atoms with Gasteiger partial charge < -0.3 is 16.2 Å². The number of primary amides is 1. The molecule has 0 unspecified atom stereocenters. The molecule has 1 aromatic rings. The summed E-state index contributed by atoms with van der Waals surface area (Å²) in [4.78, 5) is 33.8. The first-order chi connectivity index (χ1) is 10.7. The van der Waals surface area contributed by atoms with Crippen LogP contribution in [0.5, 0.6) is 0 Å². The predicted octanol–water partition coefficient (Wildman–Crippen LogP) is 0.514. The molecule has 0 aliphatic rings. The van der Waals surface area contributed by atoms with E-state index in [0.29, 0.717) is 0 Å². The number of aliphatic hydroxyl groups excluding tert-OH is 1. The third-order valence-corrected chi connectivity index (χ3v) is 3.27. The molecule has 0 aromatic heterocycles. The van der Waals surface area contributed by atoms with Crippen LogP contribution in [0.15, 0.2) is 24.3 Å². The van der Waals surface area contributed by atoms with Gasteiger partial charge in [-0.3, -0.25) is 19.7 Å². The highest BCUT2D eigenvalue weighted by Crippen LogP contribution is 2.19. The molecule has 23 heavy (non-hydrogen) atoms. The molecule has 0 heterocycles. The maximum Gasteiger partial charge on any atom is 0.272 e. The summed E-state index contributed by atoms with van der Waals surface area (Å²) in [6.45, 7) is 3.69. The summed E-state index contributed by atoms with van der Waals surface area (Å²) in [5, 5.41) is 23.1. The number of hydrogen-bond donors (Lipinski definition) is 3. The molecule has 1 rings (SSSR count). The Hall–Kier alpha value is -2.48. The van der Waals surface area contributed by atoms with Gasteiger partial charge in [-0.1, -0.05) is 32.0 Å². The number of aliphatic hydroxyl groups is 1. The Labute approximate surface area is 133 Å². The molecule has 0 aliphatic heterocycles. The van der Waals surface area contributed by atoms with Gasteiger partial charge in [-0.25, -0.2) is 0 Å². The van der Waals surface area contributed by atoms with Crippen molar-refractivity contribution in [3.05, 3.63) is 39.9 Å². The van der Waals surface area contributed by atoms with Crippen molar-refractivity contribution in [1.29, 1.82) is 0 Å². The van der Waals surface area contributed by atoms with Crippen molar-refractivity contribution in [2.45, 2.75) is 38.8 Å². The van der Waals surface area contributed by atoms with Crippen molar-refractivity contribution >= 4 is 17.5 Å². The molecular weight excluding hydrogens is 302 g/mol. The van der Waals surface area contributed by atoms with Crippen LogP contribution in [0.4, 0.5) is 5.69 Å². The average molecular weight is 323 g/mol. The van der Waals surface area contributed by atoms with E-state index in [9.17, 15) is 24.8 Å². The first-order valence-corrected chi connectivity index (χ1v) is 7.22. The Kier molecular flexibility index (Phi) is 6.65. The van der Waals surface area contributed by atoms with Crippen LogP contribution in [0.2, 0.25) is 0 Å². The van der Waals surface area contributed by atoms with Crippen molar-refractivity contribution in [3.8, 4) is 0 Å². The summed E-state index contributed by atoms with van der Waals surface area (Å²) < 4.78 is 0. The maximum atomic E-state index is 11.9. The van der Waals surface area contributed by atoms with Crippen LogP contribution in [0.3, 0.4) is 0 Å². The van der Waals surface area contributed by atoms with E-state index < -0.39 is 28.9 Å². The smallest absolute Gasteiger partial charge is 0.272 e. The monoisotopic (exact) mass is 323 g/mol. The molecule has 8 heteroatoms. The minimum atomic E-state index is -1.26. The summed E-state index contributed by atoms with van der Waals surface area (Å²) in [5.74, 6) is -1.45. The van der Waals surface area contributed by atoms with Crippen LogP contribution >= 0.6 is 0 Å². The highest BCUT2D eigenvalue weighted by molar-refractivity contribution is 5.88. The van der Waals surface area contributed by atoms with Gasteiger partial charge in [0.15, 0.2) is 0 Å². The third kappa shape index (κ3) is 5.67. The van der Waals surface area contributed by atoms with E-state index in [1.165, 1.54) is 18.2 Å². The summed E-state index contributed by atoms with van der Waals surface area (Å²) in [7, 11) is 0. The Bertz CT molecular complexity index is 588. The standard InChI is InChI=1S/C15H21N3O5/c1-9(2)7-13(19)15(21)17-11(14(16)20)8-10-5-3-4-6-12(10)18(22)23/h3-6,9,11,13,19H,7-8H2,1-2H3,(H2,16,20)(H,17,21)/t11-,13-/m0/s1. The first kappa shape index (κ1) is 18.6. The van der Waals surface area contributed by atoms with Crippen molar-refractivity contribution in [1.82, 2.24) is 5.32 Å².